The van der Waals surface area contributed by atoms with Crippen molar-refractivity contribution >= 4 is 28.1 Å². The van der Waals surface area contributed by atoms with Crippen LogP contribution in [0.5, 0.6) is 0 Å². The third-order valence-electron chi connectivity index (χ3n) is 3.74. The molecule has 3 aromatic heterocycles. The van der Waals surface area contributed by atoms with Gasteiger partial charge in [0.15, 0.2) is 5.65 Å². The Kier molecular flexibility index (Phi) is 3.01. The van der Waals surface area contributed by atoms with Gasteiger partial charge >= 0.3 is 0 Å². The van der Waals surface area contributed by atoms with Crippen LogP contribution in [0.25, 0.3) is 16.6 Å². The Balaban J connectivity index is 1.76. The number of fused-ring (bicyclic) bond motifs is 2. The van der Waals surface area contributed by atoms with Crippen molar-refractivity contribution in [3.8, 4) is 0 Å². The van der Waals surface area contributed by atoms with Gasteiger partial charge in [0.05, 0.1) is 17.4 Å². The number of aromatic nitrogens is 4. The van der Waals surface area contributed by atoms with Crippen molar-refractivity contribution in [3.05, 3.63) is 66.2 Å². The van der Waals surface area contributed by atoms with Gasteiger partial charge in [0.1, 0.15) is 5.56 Å². The van der Waals surface area contributed by atoms with E-state index in [-0.39, 0.29) is 5.91 Å². The van der Waals surface area contributed by atoms with Gasteiger partial charge in [0, 0.05) is 24.0 Å². The van der Waals surface area contributed by atoms with Crippen molar-refractivity contribution < 1.29 is 4.79 Å². The van der Waals surface area contributed by atoms with E-state index in [0.29, 0.717) is 11.2 Å². The molecule has 0 fully saturated rings. The number of carbonyl (C=O) groups is 1. The molecule has 0 atom stereocenters. The molecule has 0 radical (unpaired) electrons. The minimum Gasteiger partial charge on any atom is -0.321 e. The fourth-order valence-corrected chi connectivity index (χ4v) is 2.60. The largest absolute Gasteiger partial charge is 0.321 e. The number of nitrogens with zero attached hydrogens (tertiary/aromatic N) is 4. The highest BCUT2D eigenvalue weighted by atomic mass is 16.1. The molecule has 0 saturated carbocycles. The summed E-state index contributed by atoms with van der Waals surface area (Å²) in [5.74, 6) is -0.243. The highest BCUT2D eigenvalue weighted by Gasteiger charge is 2.15. The van der Waals surface area contributed by atoms with Crippen LogP contribution in [0.15, 0.2) is 55.1 Å². The van der Waals surface area contributed by atoms with Crippen LogP contribution >= 0.6 is 0 Å². The van der Waals surface area contributed by atoms with Crippen LogP contribution < -0.4 is 5.32 Å². The second kappa shape index (κ2) is 5.17. The molecule has 0 unspecified atom stereocenters. The van der Waals surface area contributed by atoms with Gasteiger partial charge in [0.25, 0.3) is 5.91 Å². The Morgan fingerprint density at radius 3 is 2.91 bits per heavy atom. The number of hydrogen-bond donors (Lipinski definition) is 1. The zero-order valence-corrected chi connectivity index (χ0v) is 12.4. The van der Waals surface area contributed by atoms with Crippen LogP contribution in [0.2, 0.25) is 0 Å². The van der Waals surface area contributed by atoms with Gasteiger partial charge in [-0.1, -0.05) is 6.07 Å². The Labute approximate surface area is 131 Å². The number of anilines is 1. The maximum atomic E-state index is 12.6. The Morgan fingerprint density at radius 1 is 1.13 bits per heavy atom. The number of pyridine rings is 1. The Morgan fingerprint density at radius 2 is 2.00 bits per heavy atom. The smallest absolute Gasteiger partial charge is 0.261 e. The summed E-state index contributed by atoms with van der Waals surface area (Å²) in [5, 5.41) is 7.98. The van der Waals surface area contributed by atoms with Crippen molar-refractivity contribution in [2.45, 2.75) is 6.92 Å². The van der Waals surface area contributed by atoms with E-state index in [1.54, 1.807) is 29.2 Å². The maximum Gasteiger partial charge on any atom is 0.261 e. The molecule has 1 aromatic carbocycles. The van der Waals surface area contributed by atoms with E-state index in [1.165, 1.54) is 6.20 Å². The summed E-state index contributed by atoms with van der Waals surface area (Å²) in [5.41, 5.74) is 3.63. The van der Waals surface area contributed by atoms with Crippen molar-refractivity contribution in [3.63, 3.8) is 0 Å². The molecule has 3 heterocycles. The zero-order valence-electron chi connectivity index (χ0n) is 12.4. The number of benzene rings is 1. The van der Waals surface area contributed by atoms with Crippen molar-refractivity contribution in [2.24, 2.45) is 0 Å². The lowest BCUT2D eigenvalue weighted by Gasteiger charge is -2.09. The summed E-state index contributed by atoms with van der Waals surface area (Å²) in [7, 11) is 0. The quantitative estimate of drug-likeness (QED) is 0.618. The molecule has 0 saturated heterocycles. The van der Waals surface area contributed by atoms with E-state index in [0.717, 1.165) is 22.2 Å². The summed E-state index contributed by atoms with van der Waals surface area (Å²) in [6.07, 6.45) is 6.66. The van der Waals surface area contributed by atoms with E-state index >= 15 is 0 Å². The minimum absolute atomic E-state index is 0.243. The van der Waals surface area contributed by atoms with Gasteiger partial charge in [-0.2, -0.15) is 5.10 Å². The summed E-state index contributed by atoms with van der Waals surface area (Å²) in [6.45, 7) is 2.00. The van der Waals surface area contributed by atoms with E-state index in [2.05, 4.69) is 20.4 Å². The highest BCUT2D eigenvalue weighted by molar-refractivity contribution is 6.11. The van der Waals surface area contributed by atoms with Gasteiger partial charge in [-0.05, 0) is 36.8 Å². The fourth-order valence-electron chi connectivity index (χ4n) is 2.60. The molecule has 0 aliphatic carbocycles. The van der Waals surface area contributed by atoms with Crippen LogP contribution in [0, 0.1) is 6.92 Å². The molecule has 0 aliphatic heterocycles. The number of rotatable bonds is 2. The maximum absolute atomic E-state index is 12.6. The molecule has 6 nitrogen and oxygen atoms in total. The van der Waals surface area contributed by atoms with E-state index in [4.69, 9.17) is 0 Å². The SMILES string of the molecule is Cc1ccc(NC(=O)c2cnn3cccnc23)c2cccnc12. The lowest BCUT2D eigenvalue weighted by atomic mass is 10.1. The molecular weight excluding hydrogens is 290 g/mol. The van der Waals surface area contributed by atoms with Crippen LogP contribution in [0.4, 0.5) is 5.69 Å². The number of carbonyl (C=O) groups excluding carboxylic acids is 1. The molecule has 1 amide bonds. The molecule has 0 spiro atoms. The standard InChI is InChI=1S/C17H13N5O/c1-11-5-6-14(12-4-2-7-18-15(11)12)21-17(23)13-10-20-22-9-3-8-19-16(13)22/h2-10H,1H3,(H,21,23). The van der Waals surface area contributed by atoms with Gasteiger partial charge < -0.3 is 5.32 Å². The third kappa shape index (κ3) is 2.20. The highest BCUT2D eigenvalue weighted by Crippen LogP contribution is 2.25. The molecule has 0 bridgehead atoms. The number of aryl methyl sites for hydroxylation is 1. The van der Waals surface area contributed by atoms with E-state index in [9.17, 15) is 4.79 Å². The molecule has 0 aliphatic rings. The van der Waals surface area contributed by atoms with E-state index < -0.39 is 0 Å². The first kappa shape index (κ1) is 13.4. The van der Waals surface area contributed by atoms with Gasteiger partial charge in [-0.25, -0.2) is 9.50 Å². The molecule has 4 rings (SSSR count). The van der Waals surface area contributed by atoms with Crippen LogP contribution in [0.1, 0.15) is 15.9 Å². The van der Waals surface area contributed by atoms with Crippen LogP contribution in [0.3, 0.4) is 0 Å². The summed E-state index contributed by atoms with van der Waals surface area (Å²) in [4.78, 5) is 21.2. The normalized spacial score (nSPS) is 11.0. The second-order valence-electron chi connectivity index (χ2n) is 5.23. The van der Waals surface area contributed by atoms with Crippen LogP contribution in [-0.4, -0.2) is 25.5 Å². The van der Waals surface area contributed by atoms with Crippen molar-refractivity contribution in [2.75, 3.05) is 5.32 Å². The zero-order chi connectivity index (χ0) is 15.8. The lowest BCUT2D eigenvalue weighted by Crippen LogP contribution is -2.12. The summed E-state index contributed by atoms with van der Waals surface area (Å²) >= 11 is 0. The predicted molar refractivity (Wildman–Crippen MR) is 87.4 cm³/mol. The fraction of sp³-hybridized carbons (Fsp3) is 0.0588. The molecule has 1 N–H and O–H groups in total. The molecule has 6 heteroatoms. The average molecular weight is 303 g/mol. The third-order valence-corrected chi connectivity index (χ3v) is 3.74. The monoisotopic (exact) mass is 303 g/mol. The Bertz CT molecular complexity index is 1040. The second-order valence-corrected chi connectivity index (χ2v) is 5.23. The molecular formula is C17H13N5O. The van der Waals surface area contributed by atoms with Crippen molar-refractivity contribution in [1.82, 2.24) is 19.6 Å². The molecule has 112 valence electrons. The number of nitrogens with one attached hydrogen (secondary N) is 1. The predicted octanol–water partition coefficient (Wildman–Crippen LogP) is 2.84. The topological polar surface area (TPSA) is 72.2 Å². The number of hydrogen-bond acceptors (Lipinski definition) is 4. The first-order chi connectivity index (χ1) is 11.2. The van der Waals surface area contributed by atoms with Crippen LogP contribution in [-0.2, 0) is 0 Å². The first-order valence-electron chi connectivity index (χ1n) is 7.18. The van der Waals surface area contributed by atoms with Crippen molar-refractivity contribution in [1.29, 1.82) is 0 Å². The van der Waals surface area contributed by atoms with Gasteiger partial charge in [-0.15, -0.1) is 0 Å². The minimum atomic E-state index is -0.243. The molecule has 23 heavy (non-hydrogen) atoms. The van der Waals surface area contributed by atoms with Gasteiger partial charge in [0.2, 0.25) is 0 Å². The molecule has 4 aromatic rings. The average Bonchev–Trinajstić information content (AvgIpc) is 3.02. The van der Waals surface area contributed by atoms with E-state index in [1.807, 2.05) is 31.2 Å². The van der Waals surface area contributed by atoms with Gasteiger partial charge in [-0.3, -0.25) is 9.78 Å². The lowest BCUT2D eigenvalue weighted by molar-refractivity contribution is 0.102. The number of amides is 1. The first-order valence-corrected chi connectivity index (χ1v) is 7.18. The summed E-state index contributed by atoms with van der Waals surface area (Å²) in [6, 6.07) is 9.39. The summed E-state index contributed by atoms with van der Waals surface area (Å²) < 4.78 is 1.57. The Hall–Kier alpha value is -3.28.